The van der Waals surface area contributed by atoms with Gasteiger partial charge in [0.2, 0.25) is 5.91 Å². The number of rotatable bonds is 6. The van der Waals surface area contributed by atoms with Crippen LogP contribution in [0, 0.1) is 12.8 Å². The van der Waals surface area contributed by atoms with Crippen LogP contribution in [0.25, 0.3) is 0 Å². The minimum absolute atomic E-state index is 0.0357. The molecule has 5 nitrogen and oxygen atoms in total. The van der Waals surface area contributed by atoms with Crippen molar-refractivity contribution in [2.75, 3.05) is 22.6 Å². The summed E-state index contributed by atoms with van der Waals surface area (Å²) < 4.78 is 23.6. The van der Waals surface area contributed by atoms with E-state index in [2.05, 4.69) is 5.32 Å². The molecular formula is C14H22N2O3S. The molecule has 0 unspecified atom stereocenters. The zero-order valence-electron chi connectivity index (χ0n) is 12.1. The monoisotopic (exact) mass is 298 g/mol. The fraction of sp³-hybridized carbons (Fsp3) is 0.500. The standard InChI is InChI=1S/C14H22N2O3S/c1-10(2)7-8-20(18,19)9-14(17)16-13-6-4-5-12(15)11(13)3/h4-6,10H,7-9,15H2,1-3H3,(H,16,17). The van der Waals surface area contributed by atoms with Crippen molar-refractivity contribution in [2.45, 2.75) is 27.2 Å². The predicted octanol–water partition coefficient (Wildman–Crippen LogP) is 1.98. The van der Waals surface area contributed by atoms with Gasteiger partial charge in [0.15, 0.2) is 9.84 Å². The van der Waals surface area contributed by atoms with Gasteiger partial charge in [0, 0.05) is 11.4 Å². The molecule has 0 saturated carbocycles. The number of benzene rings is 1. The summed E-state index contributed by atoms with van der Waals surface area (Å²) in [5.41, 5.74) is 7.58. The molecule has 0 bridgehead atoms. The van der Waals surface area contributed by atoms with E-state index < -0.39 is 21.5 Å². The number of nitrogen functional groups attached to an aromatic ring is 1. The molecule has 0 heterocycles. The Morgan fingerprint density at radius 1 is 1.35 bits per heavy atom. The molecule has 6 heteroatoms. The van der Waals surface area contributed by atoms with Crippen LogP contribution in [0.15, 0.2) is 18.2 Å². The smallest absolute Gasteiger partial charge is 0.239 e. The van der Waals surface area contributed by atoms with Crippen LogP contribution in [-0.2, 0) is 14.6 Å². The highest BCUT2D eigenvalue weighted by Crippen LogP contribution is 2.20. The van der Waals surface area contributed by atoms with Gasteiger partial charge in [-0.05, 0) is 37.0 Å². The molecule has 20 heavy (non-hydrogen) atoms. The van der Waals surface area contributed by atoms with Gasteiger partial charge in [-0.15, -0.1) is 0 Å². The van der Waals surface area contributed by atoms with Crippen molar-refractivity contribution in [1.82, 2.24) is 0 Å². The number of carbonyl (C=O) groups excluding carboxylic acids is 1. The number of hydrogen-bond acceptors (Lipinski definition) is 4. The van der Waals surface area contributed by atoms with Gasteiger partial charge in [-0.1, -0.05) is 19.9 Å². The summed E-state index contributed by atoms with van der Waals surface area (Å²) >= 11 is 0. The van der Waals surface area contributed by atoms with Gasteiger partial charge in [0.25, 0.3) is 0 Å². The third-order valence-corrected chi connectivity index (χ3v) is 4.57. The third kappa shape index (κ3) is 5.21. The summed E-state index contributed by atoms with van der Waals surface area (Å²) in [7, 11) is -3.36. The van der Waals surface area contributed by atoms with E-state index in [9.17, 15) is 13.2 Å². The molecule has 0 aromatic heterocycles. The van der Waals surface area contributed by atoms with Crippen molar-refractivity contribution in [3.63, 3.8) is 0 Å². The van der Waals surface area contributed by atoms with Crippen LogP contribution in [0.4, 0.5) is 11.4 Å². The molecular weight excluding hydrogens is 276 g/mol. The lowest BCUT2D eigenvalue weighted by atomic mass is 10.1. The first-order valence-corrected chi connectivity index (χ1v) is 8.39. The SMILES string of the molecule is Cc1c(N)cccc1NC(=O)CS(=O)(=O)CCC(C)C. The molecule has 1 rings (SSSR count). The molecule has 0 fully saturated rings. The van der Waals surface area contributed by atoms with E-state index in [1.807, 2.05) is 13.8 Å². The number of anilines is 2. The van der Waals surface area contributed by atoms with Crippen LogP contribution in [0.1, 0.15) is 25.8 Å². The second-order valence-corrected chi connectivity index (χ2v) is 7.53. The van der Waals surface area contributed by atoms with Crippen LogP contribution in [-0.4, -0.2) is 25.8 Å². The number of amides is 1. The molecule has 3 N–H and O–H groups in total. The maximum Gasteiger partial charge on any atom is 0.239 e. The van der Waals surface area contributed by atoms with Gasteiger partial charge in [-0.2, -0.15) is 0 Å². The molecule has 0 aliphatic rings. The van der Waals surface area contributed by atoms with E-state index in [1.165, 1.54) is 0 Å². The second kappa shape index (κ2) is 6.74. The molecule has 0 saturated heterocycles. The van der Waals surface area contributed by atoms with Crippen molar-refractivity contribution >= 4 is 27.1 Å². The van der Waals surface area contributed by atoms with Gasteiger partial charge in [0.05, 0.1) is 5.75 Å². The van der Waals surface area contributed by atoms with Crippen molar-refractivity contribution < 1.29 is 13.2 Å². The molecule has 112 valence electrons. The number of nitrogens with one attached hydrogen (secondary N) is 1. The van der Waals surface area contributed by atoms with E-state index in [0.717, 1.165) is 5.56 Å². The van der Waals surface area contributed by atoms with Crippen LogP contribution in [0.3, 0.4) is 0 Å². The van der Waals surface area contributed by atoms with Crippen LogP contribution < -0.4 is 11.1 Å². The third-order valence-electron chi connectivity index (χ3n) is 3.01. The Balaban J connectivity index is 2.66. The van der Waals surface area contributed by atoms with Crippen LogP contribution >= 0.6 is 0 Å². The Kier molecular flexibility index (Phi) is 5.56. The second-order valence-electron chi connectivity index (χ2n) is 5.34. The Labute approximate surface area is 120 Å². The average molecular weight is 298 g/mol. The fourth-order valence-electron chi connectivity index (χ4n) is 1.66. The van der Waals surface area contributed by atoms with E-state index in [0.29, 0.717) is 23.7 Å². The molecule has 1 amide bonds. The number of nitrogens with two attached hydrogens (primary N) is 1. The number of hydrogen-bond donors (Lipinski definition) is 2. The molecule has 0 aliphatic heterocycles. The van der Waals surface area contributed by atoms with Crippen molar-refractivity contribution in [2.24, 2.45) is 5.92 Å². The maximum atomic E-state index is 11.8. The van der Waals surface area contributed by atoms with Crippen molar-refractivity contribution in [3.05, 3.63) is 23.8 Å². The lowest BCUT2D eigenvalue weighted by Gasteiger charge is -2.11. The Bertz CT molecular complexity index is 580. The van der Waals surface area contributed by atoms with E-state index in [-0.39, 0.29) is 5.75 Å². The largest absolute Gasteiger partial charge is 0.398 e. The normalized spacial score (nSPS) is 11.6. The van der Waals surface area contributed by atoms with E-state index in [1.54, 1.807) is 25.1 Å². The quantitative estimate of drug-likeness (QED) is 0.786. The highest BCUT2D eigenvalue weighted by atomic mass is 32.2. The topological polar surface area (TPSA) is 89.3 Å². The minimum Gasteiger partial charge on any atom is -0.398 e. The Morgan fingerprint density at radius 2 is 2.00 bits per heavy atom. The summed E-state index contributed by atoms with van der Waals surface area (Å²) in [6.07, 6.45) is 0.562. The highest BCUT2D eigenvalue weighted by molar-refractivity contribution is 7.92. The predicted molar refractivity (Wildman–Crippen MR) is 82.3 cm³/mol. The van der Waals surface area contributed by atoms with Gasteiger partial charge in [-0.25, -0.2) is 8.42 Å². The zero-order valence-corrected chi connectivity index (χ0v) is 13.0. The number of carbonyl (C=O) groups is 1. The van der Waals surface area contributed by atoms with E-state index in [4.69, 9.17) is 5.73 Å². The summed E-state index contributed by atoms with van der Waals surface area (Å²) in [6, 6.07) is 5.14. The molecule has 0 spiro atoms. The van der Waals surface area contributed by atoms with Crippen LogP contribution in [0.5, 0.6) is 0 Å². The van der Waals surface area contributed by atoms with Crippen molar-refractivity contribution in [1.29, 1.82) is 0 Å². The molecule has 0 aliphatic carbocycles. The number of sulfone groups is 1. The van der Waals surface area contributed by atoms with Gasteiger partial charge >= 0.3 is 0 Å². The summed E-state index contributed by atoms with van der Waals surface area (Å²) in [4.78, 5) is 11.8. The molecule has 1 aromatic rings. The summed E-state index contributed by atoms with van der Waals surface area (Å²) in [6.45, 7) is 5.68. The fourth-order valence-corrected chi connectivity index (χ4v) is 3.11. The minimum atomic E-state index is -3.36. The molecule has 0 atom stereocenters. The Hall–Kier alpha value is -1.56. The van der Waals surface area contributed by atoms with E-state index >= 15 is 0 Å². The van der Waals surface area contributed by atoms with Gasteiger partial charge in [0.1, 0.15) is 5.75 Å². The molecule has 0 radical (unpaired) electrons. The first-order valence-electron chi connectivity index (χ1n) is 6.56. The first kappa shape index (κ1) is 16.5. The van der Waals surface area contributed by atoms with Gasteiger partial charge in [-0.3, -0.25) is 4.79 Å². The highest BCUT2D eigenvalue weighted by Gasteiger charge is 2.17. The Morgan fingerprint density at radius 3 is 2.60 bits per heavy atom. The summed E-state index contributed by atoms with van der Waals surface area (Å²) in [5.74, 6) is -0.687. The lowest BCUT2D eigenvalue weighted by Crippen LogP contribution is -2.25. The maximum absolute atomic E-state index is 11.8. The average Bonchev–Trinajstić information content (AvgIpc) is 2.32. The van der Waals surface area contributed by atoms with Crippen LogP contribution in [0.2, 0.25) is 0 Å². The van der Waals surface area contributed by atoms with Gasteiger partial charge < -0.3 is 11.1 Å². The lowest BCUT2D eigenvalue weighted by molar-refractivity contribution is -0.113. The molecule has 1 aromatic carbocycles. The first-order chi connectivity index (χ1) is 9.21. The zero-order chi connectivity index (χ0) is 15.3. The van der Waals surface area contributed by atoms with Crippen molar-refractivity contribution in [3.8, 4) is 0 Å². The summed E-state index contributed by atoms with van der Waals surface area (Å²) in [5, 5.41) is 2.60.